The Balaban J connectivity index is 2.60. The van der Waals surface area contributed by atoms with Crippen molar-refractivity contribution in [3.8, 4) is 0 Å². The standard InChI is InChI=1S/C14H16ClN3O2/c1-3-6-10-12(15)17-14(20)18(13(10)19)9(2)11-7-4-5-8-16-11/h4-5,7-9H,3,6H2,1-2H3,(H,17,20). The van der Waals surface area contributed by atoms with Crippen LogP contribution in [0.1, 0.15) is 37.6 Å². The molecule has 20 heavy (non-hydrogen) atoms. The number of nitrogens with zero attached hydrogens (tertiary/aromatic N) is 2. The molecule has 2 aromatic heterocycles. The van der Waals surface area contributed by atoms with Crippen molar-refractivity contribution >= 4 is 11.6 Å². The van der Waals surface area contributed by atoms with Gasteiger partial charge in [-0.3, -0.25) is 19.3 Å². The summed E-state index contributed by atoms with van der Waals surface area (Å²) in [7, 11) is 0. The van der Waals surface area contributed by atoms with E-state index in [1.807, 2.05) is 13.0 Å². The van der Waals surface area contributed by atoms with E-state index in [-0.39, 0.29) is 10.7 Å². The zero-order valence-electron chi connectivity index (χ0n) is 11.4. The van der Waals surface area contributed by atoms with Crippen molar-refractivity contribution in [3.63, 3.8) is 0 Å². The van der Waals surface area contributed by atoms with Crippen LogP contribution in [0.25, 0.3) is 0 Å². The predicted octanol–water partition coefficient (Wildman–Crippen LogP) is 2.15. The average molecular weight is 294 g/mol. The smallest absolute Gasteiger partial charge is 0.297 e. The van der Waals surface area contributed by atoms with Gasteiger partial charge in [0.25, 0.3) is 5.56 Å². The maximum absolute atomic E-state index is 12.4. The second-order valence-electron chi connectivity index (χ2n) is 4.58. The zero-order valence-corrected chi connectivity index (χ0v) is 12.1. The highest BCUT2D eigenvalue weighted by Crippen LogP contribution is 2.13. The van der Waals surface area contributed by atoms with Crippen LogP contribution in [0.2, 0.25) is 5.15 Å². The summed E-state index contributed by atoms with van der Waals surface area (Å²) in [5.41, 5.74) is 0.234. The van der Waals surface area contributed by atoms with E-state index in [0.29, 0.717) is 17.7 Å². The number of aromatic nitrogens is 3. The molecule has 1 atom stereocenters. The van der Waals surface area contributed by atoms with E-state index in [0.717, 1.165) is 6.42 Å². The van der Waals surface area contributed by atoms with Gasteiger partial charge in [0, 0.05) is 6.20 Å². The number of nitrogens with one attached hydrogen (secondary N) is 1. The maximum atomic E-state index is 12.4. The highest BCUT2D eigenvalue weighted by molar-refractivity contribution is 6.30. The van der Waals surface area contributed by atoms with Crippen molar-refractivity contribution in [2.24, 2.45) is 0 Å². The Morgan fingerprint density at radius 3 is 2.75 bits per heavy atom. The molecule has 0 aliphatic carbocycles. The van der Waals surface area contributed by atoms with Gasteiger partial charge in [-0.15, -0.1) is 0 Å². The lowest BCUT2D eigenvalue weighted by atomic mass is 10.1. The first kappa shape index (κ1) is 14.5. The van der Waals surface area contributed by atoms with Gasteiger partial charge in [-0.25, -0.2) is 4.79 Å². The second-order valence-corrected chi connectivity index (χ2v) is 4.96. The Bertz CT molecular complexity index is 707. The molecule has 6 heteroatoms. The molecule has 2 aromatic rings. The van der Waals surface area contributed by atoms with Gasteiger partial charge in [-0.2, -0.15) is 0 Å². The van der Waals surface area contributed by atoms with E-state index in [1.165, 1.54) is 4.57 Å². The summed E-state index contributed by atoms with van der Waals surface area (Å²) >= 11 is 5.95. The van der Waals surface area contributed by atoms with Crippen molar-refractivity contribution < 1.29 is 0 Å². The summed E-state index contributed by atoms with van der Waals surface area (Å²) in [6.45, 7) is 3.72. The molecule has 0 aliphatic rings. The number of H-pyrrole nitrogens is 1. The van der Waals surface area contributed by atoms with Crippen LogP contribution in [0.15, 0.2) is 34.0 Å². The molecule has 5 nitrogen and oxygen atoms in total. The van der Waals surface area contributed by atoms with Gasteiger partial charge in [0.15, 0.2) is 0 Å². The van der Waals surface area contributed by atoms with E-state index in [1.54, 1.807) is 25.3 Å². The third kappa shape index (κ3) is 2.67. The largest absolute Gasteiger partial charge is 0.330 e. The van der Waals surface area contributed by atoms with Gasteiger partial charge in [0.1, 0.15) is 5.15 Å². The Hall–Kier alpha value is -1.88. The molecule has 0 bridgehead atoms. The van der Waals surface area contributed by atoms with Gasteiger partial charge in [-0.1, -0.05) is 31.0 Å². The third-order valence-electron chi connectivity index (χ3n) is 3.18. The minimum absolute atomic E-state index is 0.131. The molecule has 0 spiro atoms. The van der Waals surface area contributed by atoms with E-state index in [9.17, 15) is 9.59 Å². The van der Waals surface area contributed by atoms with Crippen LogP contribution >= 0.6 is 11.6 Å². The minimum atomic E-state index is -0.516. The summed E-state index contributed by atoms with van der Waals surface area (Å²) in [5.74, 6) is 0. The van der Waals surface area contributed by atoms with E-state index in [4.69, 9.17) is 11.6 Å². The first-order valence-corrected chi connectivity index (χ1v) is 6.88. The van der Waals surface area contributed by atoms with E-state index in [2.05, 4.69) is 9.97 Å². The van der Waals surface area contributed by atoms with Crippen molar-refractivity contribution in [2.45, 2.75) is 32.7 Å². The monoisotopic (exact) mass is 293 g/mol. The second kappa shape index (κ2) is 6.05. The summed E-state index contributed by atoms with van der Waals surface area (Å²) in [6.07, 6.45) is 2.94. The molecule has 0 radical (unpaired) electrons. The minimum Gasteiger partial charge on any atom is -0.297 e. The number of halogens is 1. The summed E-state index contributed by atoms with van der Waals surface area (Å²) in [4.78, 5) is 31.2. The van der Waals surface area contributed by atoms with Gasteiger partial charge in [0.2, 0.25) is 0 Å². The van der Waals surface area contributed by atoms with Crippen molar-refractivity contribution in [1.82, 2.24) is 14.5 Å². The molecule has 0 saturated heterocycles. The SMILES string of the molecule is CCCc1c(Cl)[nH]c(=O)n(C(C)c2ccccn2)c1=O. The molecule has 0 fully saturated rings. The molecule has 2 heterocycles. The fourth-order valence-corrected chi connectivity index (χ4v) is 2.39. The van der Waals surface area contributed by atoms with Crippen LogP contribution < -0.4 is 11.2 Å². The number of hydrogen-bond donors (Lipinski definition) is 1. The van der Waals surface area contributed by atoms with Gasteiger partial charge in [0.05, 0.1) is 17.3 Å². The van der Waals surface area contributed by atoms with Crippen LogP contribution in [0, 0.1) is 0 Å². The third-order valence-corrected chi connectivity index (χ3v) is 3.50. The maximum Gasteiger partial charge on any atom is 0.330 e. The molecule has 0 saturated carbocycles. The lowest BCUT2D eigenvalue weighted by Gasteiger charge is -2.15. The molecular weight excluding hydrogens is 278 g/mol. The Kier molecular flexibility index (Phi) is 4.39. The Labute approximate surface area is 121 Å². The Morgan fingerprint density at radius 2 is 2.15 bits per heavy atom. The highest BCUT2D eigenvalue weighted by atomic mass is 35.5. The fourth-order valence-electron chi connectivity index (χ4n) is 2.13. The first-order valence-electron chi connectivity index (χ1n) is 6.50. The molecule has 0 aliphatic heterocycles. The first-order chi connectivity index (χ1) is 9.56. The quantitative estimate of drug-likeness (QED) is 0.878. The fraction of sp³-hybridized carbons (Fsp3) is 0.357. The molecule has 0 amide bonds. The lowest BCUT2D eigenvalue weighted by Crippen LogP contribution is -2.39. The Morgan fingerprint density at radius 1 is 1.40 bits per heavy atom. The normalized spacial score (nSPS) is 12.3. The molecule has 106 valence electrons. The highest BCUT2D eigenvalue weighted by Gasteiger charge is 2.18. The average Bonchev–Trinajstić information content (AvgIpc) is 2.44. The van der Waals surface area contributed by atoms with E-state index >= 15 is 0 Å². The summed E-state index contributed by atoms with van der Waals surface area (Å²) in [5, 5.41) is 0.131. The topological polar surface area (TPSA) is 67.8 Å². The number of pyridine rings is 1. The summed E-state index contributed by atoms with van der Waals surface area (Å²) in [6, 6.07) is 4.94. The van der Waals surface area contributed by atoms with Crippen LogP contribution in [-0.4, -0.2) is 14.5 Å². The van der Waals surface area contributed by atoms with Crippen molar-refractivity contribution in [2.75, 3.05) is 0 Å². The predicted molar refractivity (Wildman–Crippen MR) is 78.4 cm³/mol. The van der Waals surface area contributed by atoms with Crippen LogP contribution in [0.5, 0.6) is 0 Å². The van der Waals surface area contributed by atoms with Gasteiger partial charge in [-0.05, 0) is 25.5 Å². The van der Waals surface area contributed by atoms with Crippen molar-refractivity contribution in [3.05, 3.63) is 61.6 Å². The molecule has 1 unspecified atom stereocenters. The van der Waals surface area contributed by atoms with Crippen LogP contribution in [-0.2, 0) is 6.42 Å². The summed E-state index contributed by atoms with van der Waals surface area (Å²) < 4.78 is 1.17. The van der Waals surface area contributed by atoms with Gasteiger partial charge >= 0.3 is 5.69 Å². The molecule has 1 N–H and O–H groups in total. The molecule has 2 rings (SSSR count). The number of rotatable bonds is 4. The number of hydrogen-bond acceptors (Lipinski definition) is 3. The molecular formula is C14H16ClN3O2. The van der Waals surface area contributed by atoms with E-state index < -0.39 is 11.7 Å². The van der Waals surface area contributed by atoms with Crippen LogP contribution in [0.3, 0.4) is 0 Å². The lowest BCUT2D eigenvalue weighted by molar-refractivity contribution is 0.557. The number of aromatic amines is 1. The van der Waals surface area contributed by atoms with Crippen molar-refractivity contribution in [1.29, 1.82) is 0 Å². The van der Waals surface area contributed by atoms with Gasteiger partial charge < -0.3 is 0 Å². The zero-order chi connectivity index (χ0) is 14.7. The molecule has 0 aromatic carbocycles. The van der Waals surface area contributed by atoms with Crippen LogP contribution in [0.4, 0.5) is 0 Å².